The van der Waals surface area contributed by atoms with Gasteiger partial charge in [-0.25, -0.2) is 5.06 Å². The molecule has 1 atom stereocenters. The van der Waals surface area contributed by atoms with Crippen LogP contribution in [0.4, 0.5) is 13.2 Å². The van der Waals surface area contributed by atoms with E-state index < -0.39 is 29.5 Å². The highest BCUT2D eigenvalue weighted by Gasteiger charge is 2.30. The number of amides is 4. The van der Waals surface area contributed by atoms with E-state index in [1.54, 1.807) is 11.8 Å². The Balaban J connectivity index is 0.00000195. The second-order valence-corrected chi connectivity index (χ2v) is 10.2. The van der Waals surface area contributed by atoms with Crippen LogP contribution in [-0.2, 0) is 20.6 Å². The van der Waals surface area contributed by atoms with Gasteiger partial charge in [0.15, 0.2) is 0 Å². The van der Waals surface area contributed by atoms with Crippen molar-refractivity contribution in [3.8, 4) is 0 Å². The van der Waals surface area contributed by atoms with Gasteiger partial charge in [0.05, 0.1) is 24.6 Å². The molecule has 0 bridgehead atoms. The maximum Gasteiger partial charge on any atom is 0.416 e. The normalized spacial score (nSPS) is 14.1. The van der Waals surface area contributed by atoms with E-state index in [1.807, 2.05) is 0 Å². The molecule has 1 aromatic carbocycles. The Morgan fingerprint density at radius 1 is 1.07 bits per heavy atom. The predicted octanol–water partition coefficient (Wildman–Crippen LogP) is 4.49. The summed E-state index contributed by atoms with van der Waals surface area (Å²) in [5.41, 5.74) is -0.716. The number of hydrogen-bond acceptors (Lipinski definition) is 5. The predicted molar refractivity (Wildman–Crippen MR) is 146 cm³/mol. The molecule has 1 fully saturated rings. The quantitative estimate of drug-likeness (QED) is 0.228. The summed E-state index contributed by atoms with van der Waals surface area (Å²) in [6.45, 7) is 12.8. The number of nitrogens with zero attached hydrogens (tertiary/aromatic N) is 2. The highest BCUT2D eigenvalue weighted by Crippen LogP contribution is 2.29. The lowest BCUT2D eigenvalue weighted by atomic mass is 10.0. The van der Waals surface area contributed by atoms with Gasteiger partial charge in [-0.3, -0.25) is 24.4 Å². The standard InChI is InChI=1S/C21H27F3N4O5.C4H10.C3H8/c1-2-14(12-28(33)13-29)19(31)25-11-18(30)27-9-7-17(8-10-27)26-20(32)15-3-5-16(6-4-15)21(22,23)24;1-4(2)3;1-3-2/h3-6,13-14,17,33H,2,7-12H2,1H3,(H,25,31)(H,26,32);4H,1-3H3;3H2,1-2H3. The fourth-order valence-electron chi connectivity index (χ4n) is 3.44. The molecular weight excluding hydrogens is 529 g/mol. The average Bonchev–Trinajstić information content (AvgIpc) is 2.90. The number of halogens is 3. The van der Waals surface area contributed by atoms with Gasteiger partial charge in [-0.2, -0.15) is 13.2 Å². The van der Waals surface area contributed by atoms with Crippen molar-refractivity contribution in [3.63, 3.8) is 0 Å². The van der Waals surface area contributed by atoms with E-state index in [4.69, 9.17) is 0 Å². The Labute approximate surface area is 235 Å². The summed E-state index contributed by atoms with van der Waals surface area (Å²) in [6.07, 6.45) is -1.73. The van der Waals surface area contributed by atoms with Crippen molar-refractivity contribution < 1.29 is 37.6 Å². The Kier molecular flexibility index (Phi) is 17.5. The molecule has 0 aromatic heterocycles. The third kappa shape index (κ3) is 14.9. The minimum Gasteiger partial charge on any atom is -0.349 e. The Bertz CT molecular complexity index is 899. The Morgan fingerprint density at radius 3 is 2.00 bits per heavy atom. The van der Waals surface area contributed by atoms with Crippen molar-refractivity contribution >= 4 is 24.1 Å². The highest BCUT2D eigenvalue weighted by atomic mass is 19.4. The first-order valence-electron chi connectivity index (χ1n) is 13.6. The molecule has 0 aliphatic carbocycles. The van der Waals surface area contributed by atoms with Gasteiger partial charge in [-0.05, 0) is 49.4 Å². The van der Waals surface area contributed by atoms with E-state index in [0.717, 1.165) is 30.2 Å². The van der Waals surface area contributed by atoms with Crippen molar-refractivity contribution in [2.24, 2.45) is 11.8 Å². The number of benzene rings is 1. The molecule has 1 saturated heterocycles. The van der Waals surface area contributed by atoms with Crippen LogP contribution in [0.2, 0.25) is 0 Å². The van der Waals surface area contributed by atoms with Crippen LogP contribution in [0.3, 0.4) is 0 Å². The molecule has 1 aliphatic heterocycles. The zero-order valence-electron chi connectivity index (χ0n) is 24.4. The fourth-order valence-corrected chi connectivity index (χ4v) is 3.44. The largest absolute Gasteiger partial charge is 0.416 e. The number of carbonyl (C=O) groups excluding carboxylic acids is 4. The van der Waals surface area contributed by atoms with Crippen LogP contribution in [-0.4, -0.2) is 71.5 Å². The lowest BCUT2D eigenvalue weighted by Gasteiger charge is -2.32. The summed E-state index contributed by atoms with van der Waals surface area (Å²) in [5, 5.41) is 14.9. The molecule has 4 amide bonds. The first kappa shape index (κ1) is 36.8. The molecule has 1 aliphatic rings. The average molecular weight is 575 g/mol. The molecule has 40 heavy (non-hydrogen) atoms. The number of alkyl halides is 3. The van der Waals surface area contributed by atoms with E-state index in [1.165, 1.54) is 6.42 Å². The zero-order chi connectivity index (χ0) is 30.9. The number of likely N-dealkylation sites (tertiary alicyclic amines) is 1. The smallest absolute Gasteiger partial charge is 0.349 e. The van der Waals surface area contributed by atoms with Crippen LogP contribution in [0.15, 0.2) is 24.3 Å². The van der Waals surface area contributed by atoms with E-state index in [2.05, 4.69) is 45.3 Å². The number of nitrogens with one attached hydrogen (secondary N) is 2. The zero-order valence-corrected chi connectivity index (χ0v) is 24.4. The molecule has 0 radical (unpaired) electrons. The van der Waals surface area contributed by atoms with Gasteiger partial charge in [-0.1, -0.05) is 48.0 Å². The number of piperidine rings is 1. The van der Waals surface area contributed by atoms with Crippen molar-refractivity contribution in [1.82, 2.24) is 20.6 Å². The summed E-state index contributed by atoms with van der Waals surface area (Å²) in [7, 11) is 0. The van der Waals surface area contributed by atoms with E-state index in [9.17, 15) is 37.6 Å². The molecule has 3 N–H and O–H groups in total. The van der Waals surface area contributed by atoms with Gasteiger partial charge in [0.2, 0.25) is 18.2 Å². The first-order valence-corrected chi connectivity index (χ1v) is 13.6. The molecule has 2 rings (SSSR count). The second-order valence-electron chi connectivity index (χ2n) is 10.2. The van der Waals surface area contributed by atoms with Crippen LogP contribution in [0, 0.1) is 11.8 Å². The number of hydroxylamine groups is 2. The summed E-state index contributed by atoms with van der Waals surface area (Å²) < 4.78 is 37.9. The van der Waals surface area contributed by atoms with Gasteiger partial charge in [0.1, 0.15) is 0 Å². The van der Waals surface area contributed by atoms with Crippen LogP contribution >= 0.6 is 0 Å². The number of hydrogen-bond donors (Lipinski definition) is 3. The first-order chi connectivity index (χ1) is 18.7. The van der Waals surface area contributed by atoms with E-state index >= 15 is 0 Å². The SMILES string of the molecule is CC(C)C.CCC.CCC(CN(O)C=O)C(=O)NCC(=O)N1CCC(NC(=O)c2ccc(C(F)(F)F)cc2)CC1. The van der Waals surface area contributed by atoms with Crippen molar-refractivity contribution in [2.45, 2.75) is 79.4 Å². The summed E-state index contributed by atoms with van der Waals surface area (Å²) in [6, 6.07) is 3.71. The van der Waals surface area contributed by atoms with Crippen LogP contribution < -0.4 is 10.6 Å². The van der Waals surface area contributed by atoms with Gasteiger partial charge in [-0.15, -0.1) is 0 Å². The van der Waals surface area contributed by atoms with Gasteiger partial charge in [0.25, 0.3) is 5.91 Å². The topological polar surface area (TPSA) is 119 Å². The Hall–Kier alpha value is -3.15. The number of rotatable bonds is 9. The maximum absolute atomic E-state index is 12.6. The summed E-state index contributed by atoms with van der Waals surface area (Å²) in [4.78, 5) is 48.9. The molecule has 12 heteroatoms. The monoisotopic (exact) mass is 574 g/mol. The third-order valence-corrected chi connectivity index (χ3v) is 5.46. The molecular formula is C28H45F3N4O5. The second kappa shape index (κ2) is 19.0. The van der Waals surface area contributed by atoms with Crippen molar-refractivity contribution in [2.75, 3.05) is 26.2 Å². The molecule has 1 heterocycles. The van der Waals surface area contributed by atoms with Crippen molar-refractivity contribution in [1.29, 1.82) is 0 Å². The molecule has 1 aromatic rings. The van der Waals surface area contributed by atoms with Crippen LogP contribution in [0.1, 0.15) is 83.1 Å². The maximum atomic E-state index is 12.6. The van der Waals surface area contributed by atoms with E-state index in [-0.39, 0.29) is 37.0 Å². The van der Waals surface area contributed by atoms with Crippen LogP contribution in [0.5, 0.6) is 0 Å². The minimum absolute atomic E-state index is 0.116. The fraction of sp³-hybridized carbons (Fsp3) is 0.643. The summed E-state index contributed by atoms with van der Waals surface area (Å²) in [5.74, 6) is -1.06. The molecule has 0 spiro atoms. The summed E-state index contributed by atoms with van der Waals surface area (Å²) >= 11 is 0. The molecule has 228 valence electrons. The lowest BCUT2D eigenvalue weighted by Crippen LogP contribution is -2.49. The van der Waals surface area contributed by atoms with Gasteiger partial charge >= 0.3 is 6.18 Å². The molecule has 9 nitrogen and oxygen atoms in total. The highest BCUT2D eigenvalue weighted by molar-refractivity contribution is 5.94. The number of carbonyl (C=O) groups is 4. The van der Waals surface area contributed by atoms with E-state index in [0.29, 0.717) is 37.4 Å². The third-order valence-electron chi connectivity index (χ3n) is 5.46. The van der Waals surface area contributed by atoms with Crippen molar-refractivity contribution in [3.05, 3.63) is 35.4 Å². The Morgan fingerprint density at radius 2 is 1.57 bits per heavy atom. The van der Waals surface area contributed by atoms with Gasteiger partial charge in [0, 0.05) is 24.7 Å². The minimum atomic E-state index is -4.47. The van der Waals surface area contributed by atoms with Gasteiger partial charge < -0.3 is 15.5 Å². The van der Waals surface area contributed by atoms with Crippen LogP contribution in [0.25, 0.3) is 0 Å². The molecule has 1 unspecified atom stereocenters. The lowest BCUT2D eigenvalue weighted by molar-refractivity contribution is -0.154. The molecule has 0 saturated carbocycles.